The van der Waals surface area contributed by atoms with Crippen LogP contribution in [0.15, 0.2) is 42.0 Å². The molecule has 2 amide bonds. The summed E-state index contributed by atoms with van der Waals surface area (Å²) in [6.45, 7) is 0.542. The summed E-state index contributed by atoms with van der Waals surface area (Å²) in [6.07, 6.45) is 3.86. The monoisotopic (exact) mass is 289 g/mol. The number of rotatable bonds is 6. The molecular formula is C14H15N3O2S. The van der Waals surface area contributed by atoms with Crippen LogP contribution in [0.4, 0.5) is 0 Å². The Morgan fingerprint density at radius 3 is 2.80 bits per heavy atom. The van der Waals surface area contributed by atoms with Gasteiger partial charge in [-0.25, -0.2) is 0 Å². The molecule has 0 radical (unpaired) electrons. The van der Waals surface area contributed by atoms with Crippen LogP contribution in [0.1, 0.15) is 15.2 Å². The number of hydrogen-bond acceptors (Lipinski definition) is 4. The maximum Gasteiger partial charge on any atom is 0.253 e. The Morgan fingerprint density at radius 1 is 1.20 bits per heavy atom. The Hall–Kier alpha value is -2.21. The molecular weight excluding hydrogens is 274 g/mol. The van der Waals surface area contributed by atoms with Crippen LogP contribution in [-0.2, 0) is 11.2 Å². The summed E-state index contributed by atoms with van der Waals surface area (Å²) in [5.74, 6) is -0.495. The highest BCUT2D eigenvalue weighted by molar-refractivity contribution is 7.09. The van der Waals surface area contributed by atoms with Crippen molar-refractivity contribution < 1.29 is 9.59 Å². The predicted octanol–water partition coefficient (Wildman–Crippen LogP) is 1.23. The molecule has 0 saturated heterocycles. The fraction of sp³-hybridized carbons (Fsp3) is 0.214. The summed E-state index contributed by atoms with van der Waals surface area (Å²) >= 11 is 1.66. The highest BCUT2D eigenvalue weighted by atomic mass is 32.1. The average Bonchev–Trinajstić information content (AvgIpc) is 2.99. The van der Waals surface area contributed by atoms with E-state index in [1.807, 2.05) is 17.5 Å². The molecule has 104 valence electrons. The third kappa shape index (κ3) is 4.47. The Kier molecular flexibility index (Phi) is 5.25. The fourth-order valence-corrected chi connectivity index (χ4v) is 2.31. The van der Waals surface area contributed by atoms with Crippen LogP contribution >= 0.6 is 11.3 Å². The van der Waals surface area contributed by atoms with E-state index in [1.54, 1.807) is 29.7 Å². The van der Waals surface area contributed by atoms with Crippen LogP contribution in [0, 0.1) is 0 Å². The largest absolute Gasteiger partial charge is 0.354 e. The van der Waals surface area contributed by atoms with E-state index in [9.17, 15) is 9.59 Å². The third-order valence-electron chi connectivity index (χ3n) is 2.61. The molecule has 0 unspecified atom stereocenters. The van der Waals surface area contributed by atoms with Gasteiger partial charge in [0.25, 0.3) is 5.91 Å². The second-order valence-electron chi connectivity index (χ2n) is 4.10. The van der Waals surface area contributed by atoms with E-state index >= 15 is 0 Å². The van der Waals surface area contributed by atoms with Crippen LogP contribution in [0.3, 0.4) is 0 Å². The second-order valence-corrected chi connectivity index (χ2v) is 5.14. The van der Waals surface area contributed by atoms with E-state index in [2.05, 4.69) is 15.6 Å². The number of carbonyl (C=O) groups excluding carboxylic acids is 2. The molecule has 0 aliphatic rings. The van der Waals surface area contributed by atoms with Gasteiger partial charge in [-0.3, -0.25) is 14.6 Å². The molecule has 0 atom stereocenters. The first-order valence-corrected chi connectivity index (χ1v) is 7.11. The van der Waals surface area contributed by atoms with Crippen LogP contribution < -0.4 is 10.6 Å². The minimum Gasteiger partial charge on any atom is -0.354 e. The van der Waals surface area contributed by atoms with Gasteiger partial charge in [-0.15, -0.1) is 11.3 Å². The fourth-order valence-electron chi connectivity index (χ4n) is 1.60. The summed E-state index contributed by atoms with van der Waals surface area (Å²) < 4.78 is 0. The quantitative estimate of drug-likeness (QED) is 0.840. The summed E-state index contributed by atoms with van der Waals surface area (Å²) in [6, 6.07) is 7.34. The Bertz CT molecular complexity index is 555. The molecule has 2 rings (SSSR count). The van der Waals surface area contributed by atoms with Gasteiger partial charge in [0.05, 0.1) is 12.1 Å². The summed E-state index contributed by atoms with van der Waals surface area (Å²) in [5.41, 5.74) is 0.443. The highest BCUT2D eigenvalue weighted by Crippen LogP contribution is 2.07. The summed E-state index contributed by atoms with van der Waals surface area (Å²) in [5, 5.41) is 7.32. The number of hydrogen-bond donors (Lipinski definition) is 2. The normalized spacial score (nSPS) is 10.0. The minimum atomic E-state index is -0.300. The van der Waals surface area contributed by atoms with Gasteiger partial charge in [-0.1, -0.05) is 6.07 Å². The lowest BCUT2D eigenvalue weighted by Gasteiger charge is -2.06. The topological polar surface area (TPSA) is 71.1 Å². The van der Waals surface area contributed by atoms with Gasteiger partial charge >= 0.3 is 0 Å². The SMILES string of the molecule is O=C(CNC(=O)c1cccnc1)NCCc1cccs1. The van der Waals surface area contributed by atoms with Gasteiger partial charge in [0.2, 0.25) is 5.91 Å². The molecule has 0 fully saturated rings. The zero-order chi connectivity index (χ0) is 14.2. The molecule has 2 aromatic heterocycles. The Morgan fingerprint density at radius 2 is 2.10 bits per heavy atom. The van der Waals surface area contributed by atoms with Crippen molar-refractivity contribution in [1.29, 1.82) is 0 Å². The van der Waals surface area contributed by atoms with Gasteiger partial charge in [0.15, 0.2) is 0 Å². The number of carbonyl (C=O) groups is 2. The van der Waals surface area contributed by atoms with Gasteiger partial charge in [0, 0.05) is 23.8 Å². The maximum absolute atomic E-state index is 11.7. The average molecular weight is 289 g/mol. The van der Waals surface area contributed by atoms with Crippen LogP contribution in [-0.4, -0.2) is 29.9 Å². The van der Waals surface area contributed by atoms with E-state index in [1.165, 1.54) is 11.1 Å². The van der Waals surface area contributed by atoms with E-state index in [0.717, 1.165) is 6.42 Å². The van der Waals surface area contributed by atoms with Gasteiger partial charge in [-0.2, -0.15) is 0 Å². The highest BCUT2D eigenvalue weighted by Gasteiger charge is 2.07. The molecule has 0 aromatic carbocycles. The van der Waals surface area contributed by atoms with Crippen LogP contribution in [0.25, 0.3) is 0 Å². The van der Waals surface area contributed by atoms with Crippen molar-refractivity contribution in [3.05, 3.63) is 52.5 Å². The number of thiophene rings is 1. The lowest BCUT2D eigenvalue weighted by Crippen LogP contribution is -2.37. The van der Waals surface area contributed by atoms with E-state index < -0.39 is 0 Å². The number of aromatic nitrogens is 1. The van der Waals surface area contributed by atoms with Crippen molar-refractivity contribution in [3.63, 3.8) is 0 Å². The lowest BCUT2D eigenvalue weighted by atomic mass is 10.3. The third-order valence-corrected chi connectivity index (χ3v) is 3.54. The van der Waals surface area contributed by atoms with Crippen molar-refractivity contribution >= 4 is 23.2 Å². The molecule has 0 aliphatic heterocycles. The second kappa shape index (κ2) is 7.40. The number of nitrogens with zero attached hydrogens (tertiary/aromatic N) is 1. The Labute approximate surface area is 121 Å². The molecule has 2 N–H and O–H groups in total. The van der Waals surface area contributed by atoms with E-state index in [0.29, 0.717) is 12.1 Å². The smallest absolute Gasteiger partial charge is 0.253 e. The van der Waals surface area contributed by atoms with Crippen molar-refractivity contribution in [2.45, 2.75) is 6.42 Å². The first-order chi connectivity index (χ1) is 9.75. The standard InChI is InChI=1S/C14H15N3O2S/c18-13(16-7-5-12-4-2-8-20-12)10-17-14(19)11-3-1-6-15-9-11/h1-4,6,8-9H,5,7,10H2,(H,16,18)(H,17,19). The number of pyridine rings is 1. The zero-order valence-corrected chi connectivity index (χ0v) is 11.7. The minimum absolute atomic E-state index is 0.0296. The summed E-state index contributed by atoms with van der Waals surface area (Å²) in [4.78, 5) is 28.3. The maximum atomic E-state index is 11.7. The van der Waals surface area contributed by atoms with E-state index in [-0.39, 0.29) is 18.4 Å². The van der Waals surface area contributed by atoms with Gasteiger partial charge < -0.3 is 10.6 Å². The van der Waals surface area contributed by atoms with Crippen molar-refractivity contribution in [1.82, 2.24) is 15.6 Å². The van der Waals surface area contributed by atoms with Crippen LogP contribution in [0.5, 0.6) is 0 Å². The number of amides is 2. The summed E-state index contributed by atoms with van der Waals surface area (Å²) in [7, 11) is 0. The molecule has 20 heavy (non-hydrogen) atoms. The molecule has 0 saturated carbocycles. The molecule has 6 heteroatoms. The molecule has 2 aromatic rings. The molecule has 0 aliphatic carbocycles. The Balaban J connectivity index is 1.66. The van der Waals surface area contributed by atoms with E-state index in [4.69, 9.17) is 0 Å². The molecule has 0 bridgehead atoms. The van der Waals surface area contributed by atoms with Crippen molar-refractivity contribution in [2.24, 2.45) is 0 Å². The molecule has 0 spiro atoms. The first-order valence-electron chi connectivity index (χ1n) is 6.23. The van der Waals surface area contributed by atoms with Crippen molar-refractivity contribution in [3.8, 4) is 0 Å². The van der Waals surface area contributed by atoms with Crippen molar-refractivity contribution in [2.75, 3.05) is 13.1 Å². The number of nitrogens with one attached hydrogen (secondary N) is 2. The molecule has 2 heterocycles. The first kappa shape index (κ1) is 14.2. The van der Waals surface area contributed by atoms with Gasteiger partial charge in [-0.05, 0) is 30.0 Å². The predicted molar refractivity (Wildman–Crippen MR) is 77.6 cm³/mol. The molecule has 5 nitrogen and oxygen atoms in total. The lowest BCUT2D eigenvalue weighted by molar-refractivity contribution is -0.120. The van der Waals surface area contributed by atoms with Gasteiger partial charge in [0.1, 0.15) is 0 Å². The zero-order valence-electron chi connectivity index (χ0n) is 10.8. The van der Waals surface area contributed by atoms with Crippen LogP contribution in [0.2, 0.25) is 0 Å².